The number of H-pyrrole nitrogens is 1. The zero-order valence-corrected chi connectivity index (χ0v) is 17.6. The molecule has 0 aliphatic carbocycles. The van der Waals surface area contributed by atoms with Gasteiger partial charge in [0.25, 0.3) is 0 Å². The molecule has 1 N–H and O–H groups in total. The number of imidazole rings is 1. The van der Waals surface area contributed by atoms with E-state index < -0.39 is 0 Å². The van der Waals surface area contributed by atoms with Crippen LogP contribution in [0.4, 0.5) is 0 Å². The number of aryl methyl sites for hydroxylation is 4. The molecule has 0 spiro atoms. The lowest BCUT2D eigenvalue weighted by Crippen LogP contribution is -2.14. The molecular weight excluding hydrogens is 360 g/mol. The van der Waals surface area contributed by atoms with Gasteiger partial charge in [0.1, 0.15) is 0 Å². The summed E-state index contributed by atoms with van der Waals surface area (Å²) in [7, 11) is 0. The molecule has 0 aliphatic heterocycles. The second-order valence-electron chi connectivity index (χ2n) is 7.81. The standard InChI is InChI=1S/C23H28N6/c1-16-13-21(26-25-16)14-18(3)28-15-24-23(20-8-6-5-7-9-20)22(28)10-11-29-19(4)12-17(2)27-29/h5-9,12-13,15,18H,10-11,14H2,1-4H3,(H,25,26)/t18-/m1/s1. The van der Waals surface area contributed by atoms with Crippen LogP contribution in [-0.4, -0.2) is 29.5 Å². The molecule has 150 valence electrons. The second-order valence-corrected chi connectivity index (χ2v) is 7.81. The maximum atomic E-state index is 4.80. The maximum Gasteiger partial charge on any atom is 0.0958 e. The highest BCUT2D eigenvalue weighted by Gasteiger charge is 2.18. The smallest absolute Gasteiger partial charge is 0.0958 e. The summed E-state index contributed by atoms with van der Waals surface area (Å²) in [6.45, 7) is 9.24. The fraction of sp³-hybridized carbons (Fsp3) is 0.348. The van der Waals surface area contributed by atoms with Gasteiger partial charge < -0.3 is 4.57 Å². The van der Waals surface area contributed by atoms with E-state index in [1.54, 1.807) is 0 Å². The maximum absolute atomic E-state index is 4.80. The predicted molar refractivity (Wildman–Crippen MR) is 115 cm³/mol. The average Bonchev–Trinajstić information content (AvgIpc) is 3.39. The van der Waals surface area contributed by atoms with E-state index in [1.165, 1.54) is 11.4 Å². The predicted octanol–water partition coefficient (Wildman–Crippen LogP) is 4.44. The molecule has 0 amide bonds. The van der Waals surface area contributed by atoms with Gasteiger partial charge in [-0.3, -0.25) is 9.78 Å². The van der Waals surface area contributed by atoms with Crippen molar-refractivity contribution in [3.05, 3.63) is 77.3 Å². The molecule has 0 fully saturated rings. The quantitative estimate of drug-likeness (QED) is 0.509. The summed E-state index contributed by atoms with van der Waals surface area (Å²) in [5.74, 6) is 0. The van der Waals surface area contributed by atoms with Gasteiger partial charge in [0.05, 0.1) is 23.4 Å². The monoisotopic (exact) mass is 388 g/mol. The highest BCUT2D eigenvalue weighted by atomic mass is 15.3. The summed E-state index contributed by atoms with van der Waals surface area (Å²) in [4.78, 5) is 4.80. The third kappa shape index (κ3) is 4.16. The van der Waals surface area contributed by atoms with E-state index in [9.17, 15) is 0 Å². The molecule has 0 saturated heterocycles. The van der Waals surface area contributed by atoms with Gasteiger partial charge in [-0.15, -0.1) is 0 Å². The molecule has 1 atom stereocenters. The Morgan fingerprint density at radius 2 is 1.86 bits per heavy atom. The van der Waals surface area contributed by atoms with Gasteiger partial charge in [-0.05, 0) is 39.8 Å². The van der Waals surface area contributed by atoms with Crippen molar-refractivity contribution in [2.24, 2.45) is 0 Å². The van der Waals surface area contributed by atoms with E-state index in [1.807, 2.05) is 26.2 Å². The van der Waals surface area contributed by atoms with E-state index >= 15 is 0 Å². The minimum Gasteiger partial charge on any atom is -0.331 e. The van der Waals surface area contributed by atoms with Crippen LogP contribution in [0.1, 0.15) is 41.4 Å². The molecule has 4 rings (SSSR count). The van der Waals surface area contributed by atoms with E-state index in [-0.39, 0.29) is 6.04 Å². The van der Waals surface area contributed by atoms with Crippen molar-refractivity contribution in [1.82, 2.24) is 29.5 Å². The Morgan fingerprint density at radius 3 is 2.52 bits per heavy atom. The van der Waals surface area contributed by atoms with E-state index in [2.05, 4.69) is 74.8 Å². The molecule has 3 heterocycles. The fourth-order valence-electron chi connectivity index (χ4n) is 3.94. The molecule has 4 aromatic rings. The molecule has 0 bridgehead atoms. The normalized spacial score (nSPS) is 12.4. The molecular formula is C23H28N6. The van der Waals surface area contributed by atoms with Gasteiger partial charge in [0, 0.05) is 48.1 Å². The first kappa shape index (κ1) is 19.2. The number of nitrogens with one attached hydrogen (secondary N) is 1. The van der Waals surface area contributed by atoms with Crippen LogP contribution in [0, 0.1) is 20.8 Å². The molecule has 1 aromatic carbocycles. The Labute approximate surface area is 171 Å². The molecule has 0 unspecified atom stereocenters. The number of aromatic amines is 1. The van der Waals surface area contributed by atoms with Crippen LogP contribution in [0.3, 0.4) is 0 Å². The van der Waals surface area contributed by atoms with Crippen molar-refractivity contribution in [3.8, 4) is 11.3 Å². The molecule has 0 aliphatic rings. The van der Waals surface area contributed by atoms with E-state index in [0.717, 1.165) is 47.7 Å². The number of rotatable bonds is 7. The third-order valence-corrected chi connectivity index (χ3v) is 5.35. The summed E-state index contributed by atoms with van der Waals surface area (Å²) < 4.78 is 4.39. The lowest BCUT2D eigenvalue weighted by atomic mass is 10.1. The van der Waals surface area contributed by atoms with E-state index in [4.69, 9.17) is 4.98 Å². The zero-order chi connectivity index (χ0) is 20.4. The topological polar surface area (TPSA) is 64.3 Å². The largest absolute Gasteiger partial charge is 0.331 e. The Bertz CT molecular complexity index is 1090. The lowest BCUT2D eigenvalue weighted by Gasteiger charge is -2.17. The Morgan fingerprint density at radius 1 is 1.07 bits per heavy atom. The van der Waals surface area contributed by atoms with Gasteiger partial charge in [0.15, 0.2) is 0 Å². The van der Waals surface area contributed by atoms with Crippen LogP contribution in [-0.2, 0) is 19.4 Å². The van der Waals surface area contributed by atoms with Gasteiger partial charge in [-0.2, -0.15) is 10.2 Å². The zero-order valence-electron chi connectivity index (χ0n) is 17.6. The van der Waals surface area contributed by atoms with Crippen molar-refractivity contribution in [2.45, 2.75) is 53.1 Å². The lowest BCUT2D eigenvalue weighted by molar-refractivity contribution is 0.501. The van der Waals surface area contributed by atoms with Crippen molar-refractivity contribution in [3.63, 3.8) is 0 Å². The van der Waals surface area contributed by atoms with E-state index in [0.29, 0.717) is 0 Å². The Balaban J connectivity index is 1.65. The summed E-state index contributed by atoms with van der Waals surface area (Å²) >= 11 is 0. The van der Waals surface area contributed by atoms with Crippen LogP contribution < -0.4 is 0 Å². The van der Waals surface area contributed by atoms with Gasteiger partial charge >= 0.3 is 0 Å². The minimum absolute atomic E-state index is 0.262. The third-order valence-electron chi connectivity index (χ3n) is 5.35. The van der Waals surface area contributed by atoms with Crippen LogP contribution in [0.25, 0.3) is 11.3 Å². The average molecular weight is 389 g/mol. The fourth-order valence-corrected chi connectivity index (χ4v) is 3.94. The summed E-state index contributed by atoms with van der Waals surface area (Å²) in [6.07, 6.45) is 3.71. The van der Waals surface area contributed by atoms with Gasteiger partial charge in [-0.25, -0.2) is 4.98 Å². The van der Waals surface area contributed by atoms with Crippen molar-refractivity contribution < 1.29 is 0 Å². The molecule has 29 heavy (non-hydrogen) atoms. The molecule has 6 nitrogen and oxygen atoms in total. The Hall–Kier alpha value is -3.15. The highest BCUT2D eigenvalue weighted by molar-refractivity contribution is 5.61. The number of hydrogen-bond acceptors (Lipinski definition) is 3. The number of aromatic nitrogens is 6. The first-order valence-corrected chi connectivity index (χ1v) is 10.1. The first-order valence-electron chi connectivity index (χ1n) is 10.1. The molecule has 3 aromatic heterocycles. The van der Waals surface area contributed by atoms with Gasteiger partial charge in [-0.1, -0.05) is 30.3 Å². The number of benzene rings is 1. The summed E-state index contributed by atoms with van der Waals surface area (Å²) in [6, 6.07) is 14.9. The molecule has 0 radical (unpaired) electrons. The summed E-state index contributed by atoms with van der Waals surface area (Å²) in [5.41, 5.74) is 7.86. The first-order chi connectivity index (χ1) is 14.0. The van der Waals surface area contributed by atoms with Gasteiger partial charge in [0.2, 0.25) is 0 Å². The Kier molecular flexibility index (Phi) is 5.34. The molecule has 6 heteroatoms. The minimum atomic E-state index is 0.262. The van der Waals surface area contributed by atoms with Crippen LogP contribution in [0.2, 0.25) is 0 Å². The van der Waals surface area contributed by atoms with Crippen LogP contribution >= 0.6 is 0 Å². The van der Waals surface area contributed by atoms with Crippen molar-refractivity contribution in [1.29, 1.82) is 0 Å². The van der Waals surface area contributed by atoms with Crippen molar-refractivity contribution >= 4 is 0 Å². The highest BCUT2D eigenvalue weighted by Crippen LogP contribution is 2.26. The SMILES string of the molecule is Cc1cc(C)n(CCc2c(-c3ccccc3)ncn2[C@H](C)Cc2cc(C)[nH]n2)n1. The number of nitrogens with zero attached hydrogens (tertiary/aromatic N) is 5. The second kappa shape index (κ2) is 8.07. The van der Waals surface area contributed by atoms with Crippen molar-refractivity contribution in [2.75, 3.05) is 0 Å². The van der Waals surface area contributed by atoms with Crippen LogP contribution in [0.5, 0.6) is 0 Å². The molecule has 0 saturated carbocycles. The summed E-state index contributed by atoms with van der Waals surface area (Å²) in [5, 5.41) is 12.1. The number of hydrogen-bond donors (Lipinski definition) is 1. The van der Waals surface area contributed by atoms with Crippen LogP contribution in [0.15, 0.2) is 48.8 Å².